The molecular weight excluding hydrogens is 272 g/mol. The highest BCUT2D eigenvalue weighted by Crippen LogP contribution is 2.26. The van der Waals surface area contributed by atoms with Crippen LogP contribution >= 0.6 is 0 Å². The summed E-state index contributed by atoms with van der Waals surface area (Å²) in [5.74, 6) is 0. The molecule has 22 heavy (non-hydrogen) atoms. The van der Waals surface area contributed by atoms with Gasteiger partial charge in [-0.15, -0.1) is 0 Å². The lowest BCUT2D eigenvalue weighted by Crippen LogP contribution is -2.45. The smallest absolute Gasteiger partial charge is 0.0699 e. The zero-order valence-electron chi connectivity index (χ0n) is 14.1. The molecule has 2 fully saturated rings. The van der Waals surface area contributed by atoms with Crippen molar-refractivity contribution in [3.63, 3.8) is 0 Å². The van der Waals surface area contributed by atoms with E-state index in [9.17, 15) is 0 Å². The molecule has 2 saturated heterocycles. The van der Waals surface area contributed by atoms with E-state index < -0.39 is 0 Å². The van der Waals surface area contributed by atoms with Crippen molar-refractivity contribution in [2.75, 3.05) is 31.1 Å². The molecule has 0 saturated carbocycles. The highest BCUT2D eigenvalue weighted by Gasteiger charge is 2.22. The molecule has 0 amide bonds. The molecule has 3 rings (SSSR count). The molecule has 2 aliphatic heterocycles. The predicted octanol–water partition coefficient (Wildman–Crippen LogP) is 3.43. The molecule has 1 unspecified atom stereocenters. The Hall–Kier alpha value is -1.06. The molecule has 0 bridgehead atoms. The third-order valence-electron chi connectivity index (χ3n) is 5.32. The van der Waals surface area contributed by atoms with Crippen LogP contribution in [0.2, 0.25) is 0 Å². The number of rotatable bonds is 4. The number of hydrogen-bond acceptors (Lipinski definition) is 3. The fraction of sp³-hybridized carbons (Fsp3) is 0.684. The molecule has 0 aromatic heterocycles. The molecular formula is C19H30N2O. The number of nitrogens with one attached hydrogen (secondary N) is 1. The predicted molar refractivity (Wildman–Crippen MR) is 92.7 cm³/mol. The van der Waals surface area contributed by atoms with Crippen molar-refractivity contribution < 1.29 is 4.74 Å². The maximum atomic E-state index is 5.82. The van der Waals surface area contributed by atoms with Gasteiger partial charge in [-0.3, -0.25) is 0 Å². The van der Waals surface area contributed by atoms with Gasteiger partial charge >= 0.3 is 0 Å². The largest absolute Gasteiger partial charge is 0.377 e. The van der Waals surface area contributed by atoms with Gasteiger partial charge in [-0.2, -0.15) is 0 Å². The van der Waals surface area contributed by atoms with Gasteiger partial charge in [0, 0.05) is 38.0 Å². The fourth-order valence-corrected chi connectivity index (χ4v) is 3.67. The quantitative estimate of drug-likeness (QED) is 0.922. The lowest BCUT2D eigenvalue weighted by Gasteiger charge is -2.36. The molecule has 2 heterocycles. The van der Waals surface area contributed by atoms with Crippen molar-refractivity contribution in [2.24, 2.45) is 0 Å². The van der Waals surface area contributed by atoms with Gasteiger partial charge in [0.2, 0.25) is 0 Å². The summed E-state index contributed by atoms with van der Waals surface area (Å²) in [4.78, 5) is 2.55. The second-order valence-electron chi connectivity index (χ2n) is 6.88. The van der Waals surface area contributed by atoms with E-state index in [0.29, 0.717) is 12.1 Å². The number of ether oxygens (including phenoxy) is 1. The van der Waals surface area contributed by atoms with Gasteiger partial charge in [0.15, 0.2) is 0 Å². The number of nitrogens with zero attached hydrogens (tertiary/aromatic N) is 1. The molecule has 3 nitrogen and oxygen atoms in total. The van der Waals surface area contributed by atoms with E-state index >= 15 is 0 Å². The van der Waals surface area contributed by atoms with Gasteiger partial charge in [-0.25, -0.2) is 0 Å². The number of hydrogen-bond donors (Lipinski definition) is 1. The Morgan fingerprint density at radius 3 is 2.68 bits per heavy atom. The minimum Gasteiger partial charge on any atom is -0.377 e. The zero-order valence-corrected chi connectivity index (χ0v) is 14.1. The van der Waals surface area contributed by atoms with E-state index in [-0.39, 0.29) is 0 Å². The van der Waals surface area contributed by atoms with Crippen molar-refractivity contribution in [3.8, 4) is 0 Å². The molecule has 1 atom stereocenters. The van der Waals surface area contributed by atoms with Crippen LogP contribution in [0.25, 0.3) is 0 Å². The van der Waals surface area contributed by atoms with Crippen LogP contribution in [0.5, 0.6) is 0 Å². The molecule has 3 heteroatoms. The number of piperidine rings is 1. The van der Waals surface area contributed by atoms with Crippen molar-refractivity contribution in [1.82, 2.24) is 5.32 Å². The number of benzene rings is 1. The van der Waals surface area contributed by atoms with Gasteiger partial charge in [-0.1, -0.05) is 12.1 Å². The van der Waals surface area contributed by atoms with E-state index in [1.807, 2.05) is 0 Å². The molecule has 0 aliphatic carbocycles. The second kappa shape index (κ2) is 7.47. The van der Waals surface area contributed by atoms with Crippen LogP contribution in [0.1, 0.15) is 43.2 Å². The summed E-state index contributed by atoms with van der Waals surface area (Å²) < 4.78 is 5.82. The lowest BCUT2D eigenvalue weighted by atomic mass is 10.0. The van der Waals surface area contributed by atoms with E-state index in [1.165, 1.54) is 48.9 Å². The molecule has 1 aromatic rings. The minimum absolute atomic E-state index is 0.450. The van der Waals surface area contributed by atoms with Crippen LogP contribution < -0.4 is 10.2 Å². The van der Waals surface area contributed by atoms with Crippen molar-refractivity contribution in [2.45, 2.75) is 58.1 Å². The average Bonchev–Trinajstić information content (AvgIpc) is 2.57. The Kier molecular flexibility index (Phi) is 5.37. The van der Waals surface area contributed by atoms with Gasteiger partial charge in [0.1, 0.15) is 0 Å². The topological polar surface area (TPSA) is 24.5 Å². The van der Waals surface area contributed by atoms with Crippen LogP contribution in [0.3, 0.4) is 0 Å². The standard InChI is InChI=1S/C19H30N2O/c1-15-6-5-8-19(16(15)2)21-11-9-17(10-12-21)20-14-18-7-3-4-13-22-18/h5-6,8,17-18,20H,3-4,7,9-14H2,1-2H3. The van der Waals surface area contributed by atoms with E-state index in [4.69, 9.17) is 4.74 Å². The van der Waals surface area contributed by atoms with Gasteiger partial charge in [0.05, 0.1) is 6.10 Å². The summed E-state index contributed by atoms with van der Waals surface area (Å²) in [5, 5.41) is 3.74. The summed E-state index contributed by atoms with van der Waals surface area (Å²) in [5.41, 5.74) is 4.26. The summed E-state index contributed by atoms with van der Waals surface area (Å²) in [6.45, 7) is 8.76. The third kappa shape index (κ3) is 3.82. The minimum atomic E-state index is 0.450. The summed E-state index contributed by atoms with van der Waals surface area (Å²) >= 11 is 0. The molecule has 0 spiro atoms. The third-order valence-corrected chi connectivity index (χ3v) is 5.32. The molecule has 1 N–H and O–H groups in total. The first-order valence-electron chi connectivity index (χ1n) is 8.90. The molecule has 2 aliphatic rings. The highest BCUT2D eigenvalue weighted by molar-refractivity contribution is 5.56. The summed E-state index contributed by atoms with van der Waals surface area (Å²) in [6.07, 6.45) is 6.72. The second-order valence-corrected chi connectivity index (χ2v) is 6.88. The number of aryl methyl sites for hydroxylation is 1. The highest BCUT2D eigenvalue weighted by atomic mass is 16.5. The Bertz CT molecular complexity index is 474. The maximum absolute atomic E-state index is 5.82. The normalized spacial score (nSPS) is 23.7. The average molecular weight is 302 g/mol. The molecule has 1 aromatic carbocycles. The number of anilines is 1. The molecule has 122 valence electrons. The first kappa shape index (κ1) is 15.8. The Labute approximate surface area is 135 Å². The Balaban J connectivity index is 1.47. The fourth-order valence-electron chi connectivity index (χ4n) is 3.67. The van der Waals surface area contributed by atoms with Crippen molar-refractivity contribution in [3.05, 3.63) is 29.3 Å². The monoisotopic (exact) mass is 302 g/mol. The Morgan fingerprint density at radius 2 is 1.95 bits per heavy atom. The van der Waals surface area contributed by atoms with Crippen LogP contribution in [0, 0.1) is 13.8 Å². The maximum Gasteiger partial charge on any atom is 0.0699 e. The lowest BCUT2D eigenvalue weighted by molar-refractivity contribution is 0.0149. The van der Waals surface area contributed by atoms with Crippen LogP contribution in [-0.4, -0.2) is 38.4 Å². The summed E-state index contributed by atoms with van der Waals surface area (Å²) in [7, 11) is 0. The van der Waals surface area contributed by atoms with Crippen molar-refractivity contribution >= 4 is 5.69 Å². The van der Waals surface area contributed by atoms with Gasteiger partial charge in [-0.05, 0) is 63.1 Å². The van der Waals surface area contributed by atoms with Gasteiger partial charge < -0.3 is 15.0 Å². The zero-order chi connectivity index (χ0) is 15.4. The first-order valence-corrected chi connectivity index (χ1v) is 8.90. The van der Waals surface area contributed by atoms with E-state index in [2.05, 4.69) is 42.3 Å². The summed E-state index contributed by atoms with van der Waals surface area (Å²) in [6, 6.07) is 7.32. The molecule has 0 radical (unpaired) electrons. The van der Waals surface area contributed by atoms with Crippen LogP contribution in [0.4, 0.5) is 5.69 Å². The first-order chi connectivity index (χ1) is 10.7. The van der Waals surface area contributed by atoms with E-state index in [0.717, 1.165) is 26.2 Å². The SMILES string of the molecule is Cc1cccc(N2CCC(NCC3CCCCO3)CC2)c1C. The van der Waals surface area contributed by atoms with Crippen LogP contribution in [-0.2, 0) is 4.74 Å². The van der Waals surface area contributed by atoms with E-state index in [1.54, 1.807) is 0 Å². The van der Waals surface area contributed by atoms with Crippen molar-refractivity contribution in [1.29, 1.82) is 0 Å². The van der Waals surface area contributed by atoms with Gasteiger partial charge in [0.25, 0.3) is 0 Å². The van der Waals surface area contributed by atoms with Crippen LogP contribution in [0.15, 0.2) is 18.2 Å². The Morgan fingerprint density at radius 1 is 1.14 bits per heavy atom.